The maximum atomic E-state index is 13.5. The number of pyridine rings is 2. The highest BCUT2D eigenvalue weighted by Gasteiger charge is 2.23. The van der Waals surface area contributed by atoms with E-state index in [0.29, 0.717) is 150 Å². The van der Waals surface area contributed by atoms with Crippen LogP contribution in [0.15, 0.2) is 52.3 Å². The number of hydrogen-bond acceptors (Lipinski definition) is 21. The molecule has 2 aliphatic rings. The highest BCUT2D eigenvalue weighted by Crippen LogP contribution is 2.31. The number of thiol groups is 1. The van der Waals surface area contributed by atoms with E-state index in [1.54, 1.807) is 19.3 Å². The number of amidine groups is 1. The third kappa shape index (κ3) is 32.8. The van der Waals surface area contributed by atoms with Gasteiger partial charge in [-0.3, -0.25) is 29.2 Å². The molecule has 22 nitrogen and oxygen atoms in total. The maximum absolute atomic E-state index is 13.5. The van der Waals surface area contributed by atoms with Crippen molar-refractivity contribution >= 4 is 48.5 Å². The van der Waals surface area contributed by atoms with Crippen LogP contribution in [0.25, 0.3) is 17.2 Å². The zero-order chi connectivity index (χ0) is 58.6. The Morgan fingerprint density at radius 2 is 1.16 bits per heavy atom. The predicted molar refractivity (Wildman–Crippen MR) is 293 cm³/mol. The molecule has 1 fully saturated rings. The van der Waals surface area contributed by atoms with Gasteiger partial charge in [-0.25, -0.2) is 19.3 Å². The van der Waals surface area contributed by atoms with Crippen molar-refractivity contribution < 1.29 is 88.9 Å². The van der Waals surface area contributed by atoms with E-state index in [0.717, 1.165) is 59.9 Å². The molecule has 81 heavy (non-hydrogen) atoms. The number of esters is 1. The molecule has 0 spiro atoms. The van der Waals surface area contributed by atoms with E-state index in [2.05, 4.69) is 60.8 Å². The highest BCUT2D eigenvalue weighted by atomic mass is 32.1. The van der Waals surface area contributed by atoms with Crippen LogP contribution in [0.2, 0.25) is 0 Å². The van der Waals surface area contributed by atoms with Gasteiger partial charge in [0.2, 0.25) is 29.7 Å². The van der Waals surface area contributed by atoms with Crippen LogP contribution in [-0.2, 0) is 66.6 Å². The fraction of sp³-hybridized carbons (Fsp3) is 0.593. The number of aliphatic imine (C=N–C) groups is 1. The fourth-order valence-corrected chi connectivity index (χ4v) is 6.93. The number of rotatable bonds is 42. The first-order chi connectivity index (χ1) is 39.4. The van der Waals surface area contributed by atoms with Gasteiger partial charge in [-0.05, 0) is 31.6 Å². The molecule has 0 atom stereocenters. The van der Waals surface area contributed by atoms with Crippen LogP contribution in [0.5, 0.6) is 5.75 Å². The molecule has 0 aliphatic carbocycles. The van der Waals surface area contributed by atoms with Crippen LogP contribution in [0.1, 0.15) is 51.6 Å². The molecule has 3 aromatic rings. The van der Waals surface area contributed by atoms with Gasteiger partial charge in [0, 0.05) is 79.1 Å². The minimum absolute atomic E-state index is 0.0109. The summed E-state index contributed by atoms with van der Waals surface area (Å²) < 4.78 is 112. The quantitative estimate of drug-likeness (QED) is 0.00720. The van der Waals surface area contributed by atoms with Gasteiger partial charge in [0.1, 0.15) is 5.84 Å². The minimum Gasteiger partial charge on any atom is -0.420 e. The van der Waals surface area contributed by atoms with Gasteiger partial charge in [0.05, 0.1) is 157 Å². The van der Waals surface area contributed by atoms with Crippen molar-refractivity contribution in [3.63, 3.8) is 0 Å². The van der Waals surface area contributed by atoms with Gasteiger partial charge < -0.3 is 68.5 Å². The molecule has 1 aromatic carbocycles. The summed E-state index contributed by atoms with van der Waals surface area (Å²) in [6.07, 6.45) is 10.7. The average Bonchev–Trinajstić information content (AvgIpc) is 3.69. The van der Waals surface area contributed by atoms with Gasteiger partial charge >= 0.3 is 5.97 Å². The van der Waals surface area contributed by atoms with E-state index in [4.69, 9.17) is 53.1 Å². The second kappa shape index (κ2) is 45.3. The first-order valence-electron chi connectivity index (χ1n) is 26.7. The van der Waals surface area contributed by atoms with E-state index < -0.39 is 41.4 Å². The lowest BCUT2D eigenvalue weighted by Gasteiger charge is -2.27. The van der Waals surface area contributed by atoms with Gasteiger partial charge in [-0.15, -0.1) is 12.6 Å². The summed E-state index contributed by atoms with van der Waals surface area (Å²) >= 11 is 4.33. The molecule has 0 bridgehead atoms. The third-order valence-electron chi connectivity index (χ3n) is 10.8. The van der Waals surface area contributed by atoms with Crippen LogP contribution in [0, 0.1) is 29.2 Å². The van der Waals surface area contributed by atoms with Gasteiger partial charge in [-0.1, -0.05) is 18.9 Å². The summed E-state index contributed by atoms with van der Waals surface area (Å²) in [5, 5.41) is 6.07. The van der Waals surface area contributed by atoms with Crippen molar-refractivity contribution in [3.05, 3.63) is 71.3 Å². The number of carbonyl (C=O) groups is 3. The summed E-state index contributed by atoms with van der Waals surface area (Å²) in [5.74, 6) is -8.30. The topological polar surface area (TPSA) is 262 Å². The standard InChI is InChI=1S/C34H54F4N2O13.C17H18N4S.C3H7NO2/c35-28-23-29(36)33(38)34(32(28)37)53-31(42)2-4-44-6-8-46-10-12-48-14-16-50-18-20-52-22-21-51-19-17-49-15-13-47-11-9-45-7-5-43-3-1-30(41)40-26-27-24-39-25-27;1-2-3-11-4-15-16(21-17(18)5-11)7-13(9-20-15)12-6-14(22)10-19-8-12;1-2-6-4-3-5/h23,27,39H,1-22,24-26H2,(H,40,41);4,6-10,22H,2-3,5H2,1H3,(H2,18,21);3H,2H2,1H3,(H,4,5). The Hall–Kier alpha value is -5.27. The Balaban J connectivity index is 0.000000498. The first-order valence-corrected chi connectivity index (χ1v) is 27.2. The summed E-state index contributed by atoms with van der Waals surface area (Å²) in [6.45, 7) is 14.4. The lowest BCUT2D eigenvalue weighted by Crippen LogP contribution is -2.48. The number of aromatic nitrogens is 2. The van der Waals surface area contributed by atoms with Crippen molar-refractivity contribution in [2.24, 2.45) is 16.6 Å². The maximum Gasteiger partial charge on any atom is 0.313 e. The van der Waals surface area contributed by atoms with Crippen LogP contribution in [-0.4, -0.2) is 192 Å². The Morgan fingerprint density at radius 3 is 1.59 bits per heavy atom. The molecule has 2 aliphatic heterocycles. The number of amides is 2. The van der Waals surface area contributed by atoms with E-state index in [-0.39, 0.29) is 31.8 Å². The highest BCUT2D eigenvalue weighted by molar-refractivity contribution is 7.80. The molecule has 5 N–H and O–H groups in total. The molecule has 0 unspecified atom stereocenters. The van der Waals surface area contributed by atoms with Crippen LogP contribution < -0.4 is 26.6 Å². The Kier molecular flexibility index (Phi) is 39.1. The fourth-order valence-electron chi connectivity index (χ4n) is 6.73. The molecular weight excluding hydrogens is 1090 g/mol. The average molecular weight is 1170 g/mol. The summed E-state index contributed by atoms with van der Waals surface area (Å²) in [5.41, 5.74) is 13.0. The number of nitrogens with two attached hydrogens (primary N) is 1. The van der Waals surface area contributed by atoms with Crippen molar-refractivity contribution in [1.82, 2.24) is 26.1 Å². The lowest BCUT2D eigenvalue weighted by molar-refractivity contribution is -0.136. The summed E-state index contributed by atoms with van der Waals surface area (Å²) in [4.78, 5) is 51.1. The van der Waals surface area contributed by atoms with E-state index in [1.807, 2.05) is 23.8 Å². The van der Waals surface area contributed by atoms with Crippen LogP contribution in [0.3, 0.4) is 0 Å². The second-order valence-corrected chi connectivity index (χ2v) is 17.8. The molecule has 27 heteroatoms. The number of benzene rings is 1. The SMILES string of the molecule is CCCC1=Cc2ncc(-c3cncc(S)c3)cc2N=C(N)C1.CCONC=O.O=C(CCOCCOCCOCCOCCOCCOCCOCCOCCOCCOCCC(=O)Oc1c(F)c(F)cc(F)c1F)NCC1CNC1. The van der Waals surface area contributed by atoms with E-state index >= 15 is 0 Å². The third-order valence-corrected chi connectivity index (χ3v) is 11.1. The smallest absolute Gasteiger partial charge is 0.313 e. The number of hydrogen-bond donors (Lipinski definition) is 5. The Bertz CT molecular complexity index is 2270. The van der Waals surface area contributed by atoms with Crippen molar-refractivity contribution in [2.45, 2.75) is 50.8 Å². The van der Waals surface area contributed by atoms with Crippen LogP contribution in [0.4, 0.5) is 23.2 Å². The number of fused-ring (bicyclic) bond motifs is 1. The zero-order valence-electron chi connectivity index (χ0n) is 46.2. The van der Waals surface area contributed by atoms with Crippen molar-refractivity contribution in [1.29, 1.82) is 0 Å². The lowest BCUT2D eigenvalue weighted by atomic mass is 10.0. The minimum atomic E-state index is -1.80. The van der Waals surface area contributed by atoms with Crippen molar-refractivity contribution in [3.8, 4) is 16.9 Å². The number of halogens is 4. The monoisotopic (exact) mass is 1170 g/mol. The van der Waals surface area contributed by atoms with E-state index in [1.165, 1.54) is 5.57 Å². The zero-order valence-corrected chi connectivity index (χ0v) is 47.1. The molecule has 5 rings (SSSR count). The predicted octanol–water partition coefficient (Wildman–Crippen LogP) is 5.12. The largest absolute Gasteiger partial charge is 0.420 e. The molecule has 4 heterocycles. The molecular formula is C54H79F4N7O15S. The number of nitrogens with one attached hydrogen (secondary N) is 3. The van der Waals surface area contributed by atoms with Gasteiger partial charge in [-0.2, -0.15) is 8.78 Å². The number of ether oxygens (including phenoxy) is 11. The van der Waals surface area contributed by atoms with Crippen molar-refractivity contribution in [2.75, 3.05) is 158 Å². The normalized spacial score (nSPS) is 12.8. The summed E-state index contributed by atoms with van der Waals surface area (Å²) in [6, 6.07) is 3.98. The molecule has 2 aromatic heterocycles. The molecule has 2 amide bonds. The van der Waals surface area contributed by atoms with E-state index in [9.17, 15) is 31.9 Å². The number of hydroxylamine groups is 1. The molecule has 454 valence electrons. The second-order valence-electron chi connectivity index (χ2n) is 17.3. The molecule has 0 radical (unpaired) electrons. The summed E-state index contributed by atoms with van der Waals surface area (Å²) in [7, 11) is 0. The Morgan fingerprint density at radius 1 is 0.679 bits per heavy atom. The number of nitrogens with zero attached hydrogens (tertiary/aromatic N) is 3. The van der Waals surface area contributed by atoms with Gasteiger partial charge in [0.25, 0.3) is 0 Å². The first kappa shape index (κ1) is 70.0. The Labute approximate surface area is 476 Å². The molecule has 0 saturated carbocycles. The van der Waals surface area contributed by atoms with Crippen LogP contribution >= 0.6 is 12.6 Å². The number of carbonyl (C=O) groups excluding carboxylic acids is 3. The molecule has 1 saturated heterocycles. The van der Waals surface area contributed by atoms with Gasteiger partial charge in [0.15, 0.2) is 11.6 Å².